The molecule has 5 heteroatoms. The Kier molecular flexibility index (Phi) is 3.22. The quantitative estimate of drug-likeness (QED) is 0.736. The number of amides is 1. The molecule has 1 amide bonds. The van der Waals surface area contributed by atoms with E-state index in [9.17, 15) is 4.79 Å². The maximum atomic E-state index is 12.1. The third-order valence-corrected chi connectivity index (χ3v) is 5.22. The van der Waals surface area contributed by atoms with E-state index in [1.807, 2.05) is 29.2 Å². The molecule has 1 aromatic heterocycles. The van der Waals surface area contributed by atoms with Gasteiger partial charge in [0.1, 0.15) is 0 Å². The van der Waals surface area contributed by atoms with Crippen LogP contribution >= 0.6 is 11.6 Å². The summed E-state index contributed by atoms with van der Waals surface area (Å²) in [7, 11) is 0. The number of carbonyl (C=O) groups is 1. The topological polar surface area (TPSA) is 48.5 Å². The van der Waals surface area contributed by atoms with E-state index in [0.29, 0.717) is 18.0 Å². The molecule has 2 aromatic carbocycles. The number of fused-ring (bicyclic) bond motifs is 2. The Morgan fingerprint density at radius 1 is 1.12 bits per heavy atom. The molecule has 1 fully saturated rings. The summed E-state index contributed by atoms with van der Waals surface area (Å²) in [6, 6.07) is 14.2. The second kappa shape index (κ2) is 5.46. The highest BCUT2D eigenvalue weighted by Crippen LogP contribution is 2.30. The van der Waals surface area contributed by atoms with Gasteiger partial charge in [0.25, 0.3) is 0 Å². The number of halogens is 1. The third kappa shape index (κ3) is 2.36. The lowest BCUT2D eigenvalue weighted by molar-refractivity contribution is -0.117. The molecule has 25 heavy (non-hydrogen) atoms. The van der Waals surface area contributed by atoms with Crippen molar-refractivity contribution in [2.24, 2.45) is 4.99 Å². The molecule has 3 heterocycles. The van der Waals surface area contributed by atoms with Gasteiger partial charge in [0.2, 0.25) is 5.91 Å². The molecule has 0 unspecified atom stereocenters. The third-order valence-electron chi connectivity index (χ3n) is 4.98. The predicted molar refractivity (Wildman–Crippen MR) is 101 cm³/mol. The molecule has 0 bridgehead atoms. The summed E-state index contributed by atoms with van der Waals surface area (Å²) in [4.78, 5) is 22.1. The predicted octanol–water partition coefficient (Wildman–Crippen LogP) is 4.30. The second-order valence-corrected chi connectivity index (χ2v) is 7.01. The Labute approximate surface area is 150 Å². The Balaban J connectivity index is 1.58. The van der Waals surface area contributed by atoms with Gasteiger partial charge in [0.05, 0.1) is 18.0 Å². The molecule has 4 nitrogen and oxygen atoms in total. The van der Waals surface area contributed by atoms with Crippen molar-refractivity contribution in [3.8, 4) is 0 Å². The molecule has 124 valence electrons. The summed E-state index contributed by atoms with van der Waals surface area (Å²) in [5.74, 6) is 0.205. The number of carbonyl (C=O) groups excluding carboxylic acids is 1. The van der Waals surface area contributed by atoms with Crippen LogP contribution in [0.3, 0.4) is 0 Å². The zero-order valence-corrected chi connectivity index (χ0v) is 14.3. The number of anilines is 1. The van der Waals surface area contributed by atoms with E-state index in [4.69, 9.17) is 16.6 Å². The molecule has 2 aliphatic rings. The van der Waals surface area contributed by atoms with Crippen LogP contribution in [-0.4, -0.2) is 23.1 Å². The smallest absolute Gasteiger partial charge is 0.227 e. The van der Waals surface area contributed by atoms with Crippen LogP contribution in [-0.2, 0) is 11.3 Å². The summed E-state index contributed by atoms with van der Waals surface area (Å²) in [6.07, 6.45) is 1.57. The van der Waals surface area contributed by atoms with E-state index >= 15 is 0 Å². The van der Waals surface area contributed by atoms with Crippen molar-refractivity contribution in [3.63, 3.8) is 0 Å². The maximum absolute atomic E-state index is 12.1. The SMILES string of the molecule is O=C1CCCN1c1ccc2c(c1)C(c1cc3ccc(Cl)cc3[nH]1)=NC2. The molecule has 0 saturated carbocycles. The zero-order chi connectivity index (χ0) is 17.0. The zero-order valence-electron chi connectivity index (χ0n) is 13.6. The number of hydrogen-bond donors (Lipinski definition) is 1. The number of benzene rings is 2. The maximum Gasteiger partial charge on any atom is 0.227 e. The molecule has 2 aliphatic heterocycles. The monoisotopic (exact) mass is 349 g/mol. The van der Waals surface area contributed by atoms with Gasteiger partial charge in [-0.3, -0.25) is 9.79 Å². The first kappa shape index (κ1) is 14.7. The fourth-order valence-corrected chi connectivity index (χ4v) is 3.89. The highest BCUT2D eigenvalue weighted by molar-refractivity contribution is 6.31. The average Bonchev–Trinajstić information content (AvgIpc) is 3.30. The molecule has 0 radical (unpaired) electrons. The van der Waals surface area contributed by atoms with Crippen LogP contribution in [0.25, 0.3) is 10.9 Å². The van der Waals surface area contributed by atoms with E-state index < -0.39 is 0 Å². The summed E-state index contributed by atoms with van der Waals surface area (Å²) >= 11 is 6.09. The van der Waals surface area contributed by atoms with Crippen molar-refractivity contribution >= 4 is 39.8 Å². The van der Waals surface area contributed by atoms with Gasteiger partial charge in [-0.15, -0.1) is 0 Å². The number of hydrogen-bond acceptors (Lipinski definition) is 2. The highest BCUT2D eigenvalue weighted by atomic mass is 35.5. The lowest BCUT2D eigenvalue weighted by Gasteiger charge is -2.17. The summed E-state index contributed by atoms with van der Waals surface area (Å²) < 4.78 is 0. The van der Waals surface area contributed by atoms with E-state index in [2.05, 4.69) is 23.2 Å². The van der Waals surface area contributed by atoms with Crippen LogP contribution in [0.5, 0.6) is 0 Å². The van der Waals surface area contributed by atoms with Crippen LogP contribution in [0, 0.1) is 0 Å². The van der Waals surface area contributed by atoms with Crippen LogP contribution in [0.15, 0.2) is 47.5 Å². The fourth-order valence-electron chi connectivity index (χ4n) is 3.72. The average molecular weight is 350 g/mol. The van der Waals surface area contributed by atoms with Crippen LogP contribution < -0.4 is 4.90 Å². The largest absolute Gasteiger partial charge is 0.353 e. The first-order valence-corrected chi connectivity index (χ1v) is 8.83. The van der Waals surface area contributed by atoms with Crippen molar-refractivity contribution in [1.82, 2.24) is 4.98 Å². The minimum Gasteiger partial charge on any atom is -0.353 e. The van der Waals surface area contributed by atoms with Gasteiger partial charge in [0.15, 0.2) is 0 Å². The molecule has 0 atom stereocenters. The minimum absolute atomic E-state index is 0.205. The molecule has 0 aliphatic carbocycles. The number of aliphatic imine (C=N–C) groups is 1. The van der Waals surface area contributed by atoms with Crippen LogP contribution in [0.1, 0.15) is 29.7 Å². The molecule has 1 saturated heterocycles. The van der Waals surface area contributed by atoms with Crippen molar-refractivity contribution in [2.45, 2.75) is 19.4 Å². The van der Waals surface area contributed by atoms with Gasteiger partial charge in [-0.1, -0.05) is 23.7 Å². The van der Waals surface area contributed by atoms with E-state index in [0.717, 1.165) is 46.5 Å². The van der Waals surface area contributed by atoms with Crippen molar-refractivity contribution in [2.75, 3.05) is 11.4 Å². The first-order chi connectivity index (χ1) is 12.2. The van der Waals surface area contributed by atoms with Crippen molar-refractivity contribution in [1.29, 1.82) is 0 Å². The van der Waals surface area contributed by atoms with E-state index in [1.165, 1.54) is 5.56 Å². The fraction of sp³-hybridized carbons (Fsp3) is 0.200. The van der Waals surface area contributed by atoms with Crippen molar-refractivity contribution in [3.05, 3.63) is 64.3 Å². The molecule has 5 rings (SSSR count). The number of aromatic amines is 1. The van der Waals surface area contributed by atoms with Gasteiger partial charge >= 0.3 is 0 Å². The highest BCUT2D eigenvalue weighted by Gasteiger charge is 2.25. The molecule has 3 aromatic rings. The number of H-pyrrole nitrogens is 1. The van der Waals surface area contributed by atoms with Crippen LogP contribution in [0.4, 0.5) is 5.69 Å². The Hall–Kier alpha value is -2.59. The Morgan fingerprint density at radius 3 is 2.88 bits per heavy atom. The number of rotatable bonds is 2. The van der Waals surface area contributed by atoms with Gasteiger partial charge in [0, 0.05) is 40.1 Å². The van der Waals surface area contributed by atoms with E-state index in [-0.39, 0.29) is 5.91 Å². The summed E-state index contributed by atoms with van der Waals surface area (Å²) in [5, 5.41) is 1.82. The van der Waals surface area contributed by atoms with Crippen molar-refractivity contribution < 1.29 is 4.79 Å². The lowest BCUT2D eigenvalue weighted by atomic mass is 10.0. The first-order valence-electron chi connectivity index (χ1n) is 8.46. The van der Waals surface area contributed by atoms with Gasteiger partial charge < -0.3 is 9.88 Å². The van der Waals surface area contributed by atoms with Crippen LogP contribution in [0.2, 0.25) is 5.02 Å². The normalized spacial score (nSPS) is 16.6. The molecule has 1 N–H and O–H groups in total. The Bertz CT molecular complexity index is 1050. The van der Waals surface area contributed by atoms with E-state index in [1.54, 1.807) is 0 Å². The van der Waals surface area contributed by atoms with Gasteiger partial charge in [-0.05, 0) is 42.3 Å². The second-order valence-electron chi connectivity index (χ2n) is 6.57. The number of nitrogens with zero attached hydrogens (tertiary/aromatic N) is 2. The molecule has 0 spiro atoms. The standard InChI is InChI=1S/C20H16ClN3O/c21-14-5-3-12-8-18(23-17(12)9-14)20-16-10-15(6-4-13(16)11-22-20)24-7-1-2-19(24)25/h3-6,8-10,23H,1-2,7,11H2. The number of nitrogens with one attached hydrogen (secondary N) is 1. The molecular formula is C20H16ClN3O. The Morgan fingerprint density at radius 2 is 2.04 bits per heavy atom. The summed E-state index contributed by atoms with van der Waals surface area (Å²) in [6.45, 7) is 1.48. The van der Waals surface area contributed by atoms with Gasteiger partial charge in [-0.25, -0.2) is 0 Å². The summed E-state index contributed by atoms with van der Waals surface area (Å²) in [5.41, 5.74) is 6.22. The lowest BCUT2D eigenvalue weighted by Crippen LogP contribution is -2.23. The number of aromatic nitrogens is 1. The minimum atomic E-state index is 0.205. The molecular weight excluding hydrogens is 334 g/mol. The van der Waals surface area contributed by atoms with Gasteiger partial charge in [-0.2, -0.15) is 0 Å².